The van der Waals surface area contributed by atoms with Crippen LogP contribution in [0.5, 0.6) is 0 Å². The molecule has 1 saturated heterocycles. The van der Waals surface area contributed by atoms with Gasteiger partial charge in [-0.2, -0.15) is 8.42 Å². The van der Waals surface area contributed by atoms with Crippen LogP contribution in [0.15, 0.2) is 0 Å². The molecule has 1 heterocycles. The van der Waals surface area contributed by atoms with Gasteiger partial charge in [-0.15, -0.1) is 0 Å². The van der Waals surface area contributed by atoms with Gasteiger partial charge in [-0.1, -0.05) is 13.8 Å². The van der Waals surface area contributed by atoms with E-state index in [1.807, 2.05) is 6.92 Å². The van der Waals surface area contributed by atoms with Crippen LogP contribution in [0.3, 0.4) is 0 Å². The second kappa shape index (κ2) is 6.63. The molecule has 0 aromatic rings. The van der Waals surface area contributed by atoms with Crippen LogP contribution in [0.2, 0.25) is 0 Å². The maximum Gasteiger partial charge on any atom is 0.309 e. The van der Waals surface area contributed by atoms with Gasteiger partial charge in [0.05, 0.1) is 17.6 Å². The lowest BCUT2D eigenvalue weighted by Gasteiger charge is -2.43. The predicted octanol–water partition coefficient (Wildman–Crippen LogP) is 1.40. The van der Waals surface area contributed by atoms with Gasteiger partial charge in [-0.3, -0.25) is 13.8 Å². The van der Waals surface area contributed by atoms with E-state index in [1.165, 1.54) is 0 Å². The minimum atomic E-state index is -3.52. The number of rotatable bonds is 6. The van der Waals surface area contributed by atoms with Crippen LogP contribution in [0.1, 0.15) is 46.0 Å². The fraction of sp³-hybridized carbons (Fsp3) is 0.875. The number of hydrogen-bond donors (Lipinski definition) is 0. The smallest absolute Gasteiger partial charge is 0.309 e. The number of carbonyl (C=O) groups excluding carboxylic acids is 2. The summed E-state index contributed by atoms with van der Waals surface area (Å²) in [5.74, 6) is -1.02. The van der Waals surface area contributed by atoms with E-state index in [4.69, 9.17) is 13.7 Å². The second-order valence-electron chi connectivity index (χ2n) is 7.01. The molecule has 6 atom stereocenters. The number of ether oxygens (including phenoxy) is 2. The highest BCUT2D eigenvalue weighted by atomic mass is 32.2. The summed E-state index contributed by atoms with van der Waals surface area (Å²) < 4.78 is 39.7. The summed E-state index contributed by atoms with van der Waals surface area (Å²) in [4.78, 5) is 23.6. The maximum absolute atomic E-state index is 12.0. The highest BCUT2D eigenvalue weighted by Gasteiger charge is 2.61. The van der Waals surface area contributed by atoms with Crippen molar-refractivity contribution in [3.8, 4) is 0 Å². The van der Waals surface area contributed by atoms with Gasteiger partial charge in [-0.05, 0) is 31.6 Å². The lowest BCUT2D eigenvalue weighted by Crippen LogP contribution is -2.51. The number of hydrogen-bond acceptors (Lipinski definition) is 7. The third kappa shape index (κ3) is 3.18. The Hall–Kier alpha value is -1.15. The third-order valence-electron chi connectivity index (χ3n) is 5.54. The topological polar surface area (TPSA) is 96.0 Å². The molecule has 4 bridgehead atoms. The molecule has 136 valence electrons. The molecule has 0 spiro atoms. The summed E-state index contributed by atoms with van der Waals surface area (Å²) in [6.07, 6.45) is 1.78. The molecule has 0 aromatic carbocycles. The first kappa shape index (κ1) is 17.7. The molecule has 6 unspecified atom stereocenters. The van der Waals surface area contributed by atoms with E-state index in [0.29, 0.717) is 12.8 Å². The lowest BCUT2D eigenvalue weighted by atomic mass is 9.67. The Kier molecular flexibility index (Phi) is 4.88. The van der Waals surface area contributed by atoms with Gasteiger partial charge >= 0.3 is 11.9 Å². The van der Waals surface area contributed by atoms with Crippen LogP contribution in [0.4, 0.5) is 0 Å². The van der Waals surface area contributed by atoms with Crippen LogP contribution in [0.25, 0.3) is 0 Å². The Morgan fingerprint density at radius 3 is 2.75 bits per heavy atom. The molecular formula is C16H24O7S. The Labute approximate surface area is 142 Å². The minimum absolute atomic E-state index is 0.0186. The van der Waals surface area contributed by atoms with Crippen LogP contribution in [-0.4, -0.2) is 44.4 Å². The van der Waals surface area contributed by atoms with Crippen molar-refractivity contribution >= 4 is 22.1 Å². The van der Waals surface area contributed by atoms with E-state index in [2.05, 4.69) is 0 Å². The Balaban J connectivity index is 1.52. The van der Waals surface area contributed by atoms with E-state index < -0.39 is 33.5 Å². The van der Waals surface area contributed by atoms with Crippen molar-refractivity contribution in [1.82, 2.24) is 0 Å². The SMILES string of the molecule is CCC(C)C(=O)OCCC(=O)OC1C2CCC3C1OS(=O)(=O)C3C2. The molecule has 3 aliphatic carbocycles. The first-order chi connectivity index (χ1) is 11.3. The molecule has 7 nitrogen and oxygen atoms in total. The van der Waals surface area contributed by atoms with Crippen LogP contribution < -0.4 is 0 Å². The van der Waals surface area contributed by atoms with Crippen molar-refractivity contribution in [2.75, 3.05) is 6.61 Å². The number of fused-ring (bicyclic) bond motifs is 1. The van der Waals surface area contributed by atoms with Gasteiger partial charge in [-0.25, -0.2) is 0 Å². The Bertz CT molecular complexity index is 614. The zero-order valence-electron chi connectivity index (χ0n) is 14.0. The highest BCUT2D eigenvalue weighted by Crippen LogP contribution is 2.52. The first-order valence-electron chi connectivity index (χ1n) is 8.61. The molecule has 0 radical (unpaired) electrons. The quantitative estimate of drug-likeness (QED) is 0.522. The summed E-state index contributed by atoms with van der Waals surface area (Å²) in [6, 6.07) is 0. The Morgan fingerprint density at radius 1 is 1.29 bits per heavy atom. The summed E-state index contributed by atoms with van der Waals surface area (Å²) in [5.41, 5.74) is 0. The van der Waals surface area contributed by atoms with E-state index in [0.717, 1.165) is 12.8 Å². The summed E-state index contributed by atoms with van der Waals surface area (Å²) in [5, 5.41) is -0.437. The van der Waals surface area contributed by atoms with E-state index in [9.17, 15) is 18.0 Å². The van der Waals surface area contributed by atoms with Crippen molar-refractivity contribution < 1.29 is 31.7 Å². The van der Waals surface area contributed by atoms with Crippen molar-refractivity contribution in [3.05, 3.63) is 0 Å². The normalized spacial score (nSPS) is 37.0. The van der Waals surface area contributed by atoms with Crippen LogP contribution in [-0.2, 0) is 33.4 Å². The first-order valence-corrected chi connectivity index (χ1v) is 10.1. The van der Waals surface area contributed by atoms with Crippen molar-refractivity contribution in [1.29, 1.82) is 0 Å². The average molecular weight is 360 g/mol. The maximum atomic E-state index is 12.0. The average Bonchev–Trinajstić information content (AvgIpc) is 2.77. The highest BCUT2D eigenvalue weighted by molar-refractivity contribution is 7.87. The molecule has 0 amide bonds. The van der Waals surface area contributed by atoms with Gasteiger partial charge in [0, 0.05) is 5.92 Å². The van der Waals surface area contributed by atoms with Crippen molar-refractivity contribution in [2.45, 2.75) is 63.4 Å². The minimum Gasteiger partial charge on any atom is -0.465 e. The predicted molar refractivity (Wildman–Crippen MR) is 83.3 cm³/mol. The summed E-state index contributed by atoms with van der Waals surface area (Å²) >= 11 is 0. The number of esters is 2. The Morgan fingerprint density at radius 2 is 2.04 bits per heavy atom. The summed E-state index contributed by atoms with van der Waals surface area (Å²) in [7, 11) is -3.52. The zero-order valence-corrected chi connectivity index (χ0v) is 14.8. The van der Waals surface area contributed by atoms with Gasteiger partial charge in [0.2, 0.25) is 0 Å². The molecule has 24 heavy (non-hydrogen) atoms. The second-order valence-corrected chi connectivity index (χ2v) is 8.79. The molecule has 8 heteroatoms. The number of carbonyl (C=O) groups is 2. The standard InChI is InChI=1S/C16H24O7S/c1-3-9(2)16(18)21-7-6-13(17)22-14-10-4-5-11-12(8-10)24(19,20)23-15(11)14/h9-12,14-15H,3-8H2,1-2H3. The largest absolute Gasteiger partial charge is 0.465 e. The van der Waals surface area contributed by atoms with Gasteiger partial charge in [0.15, 0.2) is 0 Å². The fourth-order valence-electron chi connectivity index (χ4n) is 3.97. The van der Waals surface area contributed by atoms with E-state index in [1.54, 1.807) is 6.92 Å². The molecule has 1 aliphatic heterocycles. The molecule has 0 N–H and O–H groups in total. The van der Waals surface area contributed by atoms with Crippen LogP contribution >= 0.6 is 0 Å². The molecule has 4 rings (SSSR count). The van der Waals surface area contributed by atoms with Gasteiger partial charge in [0.25, 0.3) is 10.1 Å². The van der Waals surface area contributed by atoms with Crippen LogP contribution in [0, 0.1) is 17.8 Å². The molecule has 3 saturated carbocycles. The van der Waals surface area contributed by atoms with E-state index >= 15 is 0 Å². The fourth-order valence-corrected chi connectivity index (χ4v) is 5.88. The molecular weight excluding hydrogens is 336 g/mol. The van der Waals surface area contributed by atoms with Crippen molar-refractivity contribution in [2.24, 2.45) is 17.8 Å². The third-order valence-corrected chi connectivity index (χ3v) is 7.32. The molecule has 0 aromatic heterocycles. The van der Waals surface area contributed by atoms with Gasteiger partial charge < -0.3 is 9.47 Å². The van der Waals surface area contributed by atoms with E-state index in [-0.39, 0.29) is 36.8 Å². The molecule has 4 aliphatic rings. The van der Waals surface area contributed by atoms with Crippen molar-refractivity contribution in [3.63, 3.8) is 0 Å². The lowest BCUT2D eigenvalue weighted by molar-refractivity contribution is -0.168. The zero-order chi connectivity index (χ0) is 17.5. The monoisotopic (exact) mass is 360 g/mol. The van der Waals surface area contributed by atoms with Gasteiger partial charge in [0.1, 0.15) is 18.8 Å². The summed E-state index contributed by atoms with van der Waals surface area (Å²) in [6.45, 7) is 3.64. The molecule has 4 fully saturated rings.